The van der Waals surface area contributed by atoms with Crippen LogP contribution in [-0.2, 0) is 6.54 Å². The van der Waals surface area contributed by atoms with Gasteiger partial charge in [-0.1, -0.05) is 32.9 Å². The zero-order valence-electron chi connectivity index (χ0n) is 12.0. The maximum Gasteiger partial charge on any atom is 0.122 e. The van der Waals surface area contributed by atoms with E-state index in [4.69, 9.17) is 4.74 Å². The Kier molecular flexibility index (Phi) is 6.76. The Morgan fingerprint density at radius 1 is 1.17 bits per heavy atom. The molecule has 0 fully saturated rings. The van der Waals surface area contributed by atoms with Gasteiger partial charge in [0.15, 0.2) is 0 Å². The van der Waals surface area contributed by atoms with Crippen molar-refractivity contribution in [2.45, 2.75) is 33.2 Å². The molecule has 0 aliphatic carbocycles. The maximum atomic E-state index is 5.39. The fourth-order valence-corrected chi connectivity index (χ4v) is 1.93. The van der Waals surface area contributed by atoms with Gasteiger partial charge in [0.05, 0.1) is 7.11 Å². The first-order chi connectivity index (χ1) is 8.69. The second-order valence-electron chi connectivity index (χ2n) is 4.76. The van der Waals surface area contributed by atoms with Gasteiger partial charge in [-0.3, -0.25) is 0 Å². The molecule has 0 bridgehead atoms. The molecule has 1 rings (SSSR count). The van der Waals surface area contributed by atoms with Gasteiger partial charge in [-0.25, -0.2) is 0 Å². The molecule has 0 heterocycles. The lowest BCUT2D eigenvalue weighted by molar-refractivity contribution is 0.407. The predicted octanol–water partition coefficient (Wildman–Crippen LogP) is 2.52. The largest absolute Gasteiger partial charge is 0.496 e. The highest BCUT2D eigenvalue weighted by atomic mass is 16.5. The number of nitrogens with one attached hydrogen (secondary N) is 2. The minimum Gasteiger partial charge on any atom is -0.496 e. The molecule has 3 nitrogen and oxygen atoms in total. The minimum absolute atomic E-state index is 0.488. The summed E-state index contributed by atoms with van der Waals surface area (Å²) in [7, 11) is 1.73. The third-order valence-electron chi connectivity index (χ3n) is 2.97. The topological polar surface area (TPSA) is 33.3 Å². The lowest BCUT2D eigenvalue weighted by Crippen LogP contribution is -2.26. The molecule has 0 unspecified atom stereocenters. The highest BCUT2D eigenvalue weighted by molar-refractivity contribution is 5.39. The molecule has 18 heavy (non-hydrogen) atoms. The zero-order valence-corrected chi connectivity index (χ0v) is 12.0. The molecule has 0 spiro atoms. The van der Waals surface area contributed by atoms with E-state index in [0.717, 1.165) is 31.9 Å². The quantitative estimate of drug-likeness (QED) is 0.696. The summed E-state index contributed by atoms with van der Waals surface area (Å²) in [6, 6.07) is 6.44. The van der Waals surface area contributed by atoms with Crippen molar-refractivity contribution >= 4 is 0 Å². The van der Waals surface area contributed by atoms with E-state index >= 15 is 0 Å². The first kappa shape index (κ1) is 15.0. The van der Waals surface area contributed by atoms with E-state index in [9.17, 15) is 0 Å². The van der Waals surface area contributed by atoms with Crippen LogP contribution in [0.1, 0.15) is 37.8 Å². The summed E-state index contributed by atoms with van der Waals surface area (Å²) in [6.07, 6.45) is 0. The third-order valence-corrected chi connectivity index (χ3v) is 2.97. The summed E-state index contributed by atoms with van der Waals surface area (Å²) < 4.78 is 5.39. The molecule has 1 aromatic carbocycles. The third kappa shape index (κ3) is 4.67. The number of methoxy groups -OCH3 is 1. The fraction of sp³-hybridized carbons (Fsp3) is 0.600. The molecular weight excluding hydrogens is 224 g/mol. The molecule has 0 radical (unpaired) electrons. The molecule has 102 valence electrons. The van der Waals surface area contributed by atoms with Crippen molar-refractivity contribution < 1.29 is 4.74 Å². The van der Waals surface area contributed by atoms with Gasteiger partial charge in [0, 0.05) is 19.6 Å². The zero-order chi connectivity index (χ0) is 13.4. The normalized spacial score (nSPS) is 10.9. The van der Waals surface area contributed by atoms with Crippen LogP contribution < -0.4 is 15.4 Å². The monoisotopic (exact) mass is 250 g/mol. The number of hydrogen-bond donors (Lipinski definition) is 2. The van der Waals surface area contributed by atoms with Gasteiger partial charge in [-0.05, 0) is 29.7 Å². The van der Waals surface area contributed by atoms with Crippen molar-refractivity contribution in [2.24, 2.45) is 0 Å². The molecule has 0 aromatic heterocycles. The van der Waals surface area contributed by atoms with Crippen LogP contribution >= 0.6 is 0 Å². The van der Waals surface area contributed by atoms with Gasteiger partial charge in [0.25, 0.3) is 0 Å². The van der Waals surface area contributed by atoms with E-state index in [1.807, 2.05) is 0 Å². The smallest absolute Gasteiger partial charge is 0.122 e. The average Bonchev–Trinajstić information content (AvgIpc) is 2.38. The fourth-order valence-electron chi connectivity index (χ4n) is 1.93. The van der Waals surface area contributed by atoms with Crippen LogP contribution in [0.2, 0.25) is 0 Å². The Balaban J connectivity index is 2.53. The van der Waals surface area contributed by atoms with Crippen LogP contribution in [0.4, 0.5) is 0 Å². The Hall–Kier alpha value is -1.06. The number of benzene rings is 1. The molecule has 0 aliphatic heterocycles. The SMILES string of the molecule is CCNCCNCc1ccc(OC)c(C(C)C)c1. The van der Waals surface area contributed by atoms with Gasteiger partial charge < -0.3 is 15.4 Å². The average molecular weight is 250 g/mol. The Morgan fingerprint density at radius 2 is 1.89 bits per heavy atom. The van der Waals surface area contributed by atoms with Crippen LogP contribution in [0.15, 0.2) is 18.2 Å². The summed E-state index contributed by atoms with van der Waals surface area (Å²) in [5, 5.41) is 6.74. The van der Waals surface area contributed by atoms with Gasteiger partial charge in [0.2, 0.25) is 0 Å². The van der Waals surface area contributed by atoms with E-state index in [0.29, 0.717) is 5.92 Å². The molecule has 0 aliphatic rings. The van der Waals surface area contributed by atoms with Crippen molar-refractivity contribution in [3.8, 4) is 5.75 Å². The molecule has 2 N–H and O–H groups in total. The van der Waals surface area contributed by atoms with Crippen molar-refractivity contribution in [1.29, 1.82) is 0 Å². The van der Waals surface area contributed by atoms with Gasteiger partial charge in [-0.15, -0.1) is 0 Å². The second kappa shape index (κ2) is 8.11. The molecule has 0 amide bonds. The first-order valence-electron chi connectivity index (χ1n) is 6.77. The number of ether oxygens (including phenoxy) is 1. The predicted molar refractivity (Wildman–Crippen MR) is 77.3 cm³/mol. The van der Waals surface area contributed by atoms with E-state index < -0.39 is 0 Å². The molecule has 3 heteroatoms. The number of hydrogen-bond acceptors (Lipinski definition) is 3. The Labute approximate surface area is 111 Å². The molecule has 1 aromatic rings. The van der Waals surface area contributed by atoms with E-state index in [-0.39, 0.29) is 0 Å². The van der Waals surface area contributed by atoms with Gasteiger partial charge in [0.1, 0.15) is 5.75 Å². The highest BCUT2D eigenvalue weighted by Crippen LogP contribution is 2.27. The molecular formula is C15H26N2O. The van der Waals surface area contributed by atoms with Crippen LogP contribution in [0, 0.1) is 0 Å². The van der Waals surface area contributed by atoms with Crippen LogP contribution in [0.5, 0.6) is 5.75 Å². The van der Waals surface area contributed by atoms with Crippen molar-refractivity contribution in [3.63, 3.8) is 0 Å². The van der Waals surface area contributed by atoms with Crippen LogP contribution in [0.25, 0.3) is 0 Å². The maximum absolute atomic E-state index is 5.39. The van der Waals surface area contributed by atoms with E-state index in [1.54, 1.807) is 7.11 Å². The first-order valence-corrected chi connectivity index (χ1v) is 6.77. The summed E-state index contributed by atoms with van der Waals surface area (Å²) in [5.74, 6) is 1.48. The highest BCUT2D eigenvalue weighted by Gasteiger charge is 2.07. The molecule has 0 saturated heterocycles. The summed E-state index contributed by atoms with van der Waals surface area (Å²) >= 11 is 0. The standard InChI is InChI=1S/C15H26N2O/c1-5-16-8-9-17-11-13-6-7-15(18-4)14(10-13)12(2)3/h6-7,10,12,16-17H,5,8-9,11H2,1-4H3. The molecule has 0 saturated carbocycles. The molecule has 0 atom stereocenters. The van der Waals surface area contributed by atoms with Gasteiger partial charge in [-0.2, -0.15) is 0 Å². The lowest BCUT2D eigenvalue weighted by Gasteiger charge is -2.14. The summed E-state index contributed by atoms with van der Waals surface area (Å²) in [6.45, 7) is 10.5. The van der Waals surface area contributed by atoms with Crippen molar-refractivity contribution in [3.05, 3.63) is 29.3 Å². The van der Waals surface area contributed by atoms with Crippen LogP contribution in [0.3, 0.4) is 0 Å². The Bertz CT molecular complexity index is 350. The number of likely N-dealkylation sites (N-methyl/N-ethyl adjacent to an activating group) is 1. The van der Waals surface area contributed by atoms with E-state index in [1.165, 1.54) is 11.1 Å². The van der Waals surface area contributed by atoms with E-state index in [2.05, 4.69) is 49.6 Å². The Morgan fingerprint density at radius 3 is 2.50 bits per heavy atom. The van der Waals surface area contributed by atoms with Gasteiger partial charge >= 0.3 is 0 Å². The second-order valence-corrected chi connectivity index (χ2v) is 4.76. The van der Waals surface area contributed by atoms with Crippen LogP contribution in [-0.4, -0.2) is 26.7 Å². The summed E-state index contributed by atoms with van der Waals surface area (Å²) in [5.41, 5.74) is 2.60. The van der Waals surface area contributed by atoms with Crippen molar-refractivity contribution in [2.75, 3.05) is 26.7 Å². The lowest BCUT2D eigenvalue weighted by atomic mass is 9.99. The van der Waals surface area contributed by atoms with Crippen molar-refractivity contribution in [1.82, 2.24) is 10.6 Å². The summed E-state index contributed by atoms with van der Waals surface area (Å²) in [4.78, 5) is 0. The minimum atomic E-state index is 0.488. The number of rotatable bonds is 8.